The van der Waals surface area contributed by atoms with Gasteiger partial charge in [0.2, 0.25) is 5.91 Å². The van der Waals surface area contributed by atoms with Crippen molar-refractivity contribution in [3.05, 3.63) is 23.3 Å². The van der Waals surface area contributed by atoms with Gasteiger partial charge in [0.25, 0.3) is 0 Å². The first kappa shape index (κ1) is 16.3. The number of nitrogens with one attached hydrogen (secondary N) is 1. The molecule has 0 bridgehead atoms. The molecule has 112 valence electrons. The number of ether oxygens (including phenoxy) is 1. The van der Waals surface area contributed by atoms with Crippen LogP contribution in [0, 0.1) is 13.8 Å². The third-order valence-corrected chi connectivity index (χ3v) is 2.57. The highest BCUT2D eigenvalue weighted by Gasteiger charge is 2.28. The van der Waals surface area contributed by atoms with Crippen LogP contribution in [0.25, 0.3) is 0 Å². The Morgan fingerprint density at radius 3 is 2.25 bits per heavy atom. The van der Waals surface area contributed by atoms with Gasteiger partial charge in [0.1, 0.15) is 5.75 Å². The van der Waals surface area contributed by atoms with Gasteiger partial charge >= 0.3 is 6.18 Å². The van der Waals surface area contributed by atoms with Gasteiger partial charge in [-0.3, -0.25) is 4.79 Å². The third kappa shape index (κ3) is 4.73. The predicted molar refractivity (Wildman–Crippen MR) is 69.7 cm³/mol. The first-order chi connectivity index (χ1) is 9.10. The molecule has 0 heterocycles. The Bertz CT molecular complexity index is 476. The van der Waals surface area contributed by atoms with Gasteiger partial charge in [0.15, 0.2) is 6.61 Å². The number of carbonyl (C=O) groups excluding carboxylic acids is 1. The molecule has 0 aromatic heterocycles. The molecule has 0 fully saturated rings. The summed E-state index contributed by atoms with van der Waals surface area (Å²) >= 11 is 0. The summed E-state index contributed by atoms with van der Waals surface area (Å²) in [6, 6.07) is 2.21. The van der Waals surface area contributed by atoms with Crippen molar-refractivity contribution in [2.45, 2.75) is 33.0 Å². The number of hydrogen-bond donors (Lipinski definition) is 2. The molecule has 0 saturated heterocycles. The second kappa shape index (κ2) is 6.13. The maximum atomic E-state index is 12.1. The van der Waals surface area contributed by atoms with Crippen LogP contribution in [0.2, 0.25) is 0 Å². The second-order valence-electron chi connectivity index (χ2n) is 4.61. The molecule has 1 aromatic rings. The molecule has 0 aliphatic heterocycles. The van der Waals surface area contributed by atoms with Gasteiger partial charge in [0.05, 0.1) is 6.04 Å². The Balaban J connectivity index is 2.89. The molecule has 1 atom stereocenters. The fraction of sp³-hybridized carbons (Fsp3) is 0.462. The molecule has 3 N–H and O–H groups in total. The summed E-state index contributed by atoms with van der Waals surface area (Å²) in [5.41, 5.74) is 7.20. The number of hydrogen-bond acceptors (Lipinski definition) is 3. The van der Waals surface area contributed by atoms with Crippen molar-refractivity contribution in [2.75, 3.05) is 11.9 Å². The van der Waals surface area contributed by atoms with Crippen LogP contribution in [0.15, 0.2) is 12.1 Å². The van der Waals surface area contributed by atoms with Gasteiger partial charge in [-0.15, -0.1) is 0 Å². The van der Waals surface area contributed by atoms with Gasteiger partial charge in [-0.05, 0) is 44.0 Å². The minimum absolute atomic E-state index is 0.108. The number of benzene rings is 1. The molecule has 1 aromatic carbocycles. The van der Waals surface area contributed by atoms with E-state index in [0.717, 1.165) is 0 Å². The summed E-state index contributed by atoms with van der Waals surface area (Å²) < 4.78 is 40.9. The summed E-state index contributed by atoms with van der Waals surface area (Å²) in [6.45, 7) is 3.53. The van der Waals surface area contributed by atoms with Crippen molar-refractivity contribution in [2.24, 2.45) is 5.73 Å². The third-order valence-electron chi connectivity index (χ3n) is 2.57. The topological polar surface area (TPSA) is 64.3 Å². The van der Waals surface area contributed by atoms with E-state index in [9.17, 15) is 18.0 Å². The number of anilines is 1. The predicted octanol–water partition coefficient (Wildman–Crippen LogP) is 2.53. The summed E-state index contributed by atoms with van der Waals surface area (Å²) in [6.07, 6.45) is -4.39. The number of rotatable bonds is 4. The van der Waals surface area contributed by atoms with Crippen molar-refractivity contribution in [3.8, 4) is 5.75 Å². The van der Waals surface area contributed by atoms with Crippen LogP contribution in [-0.2, 0) is 4.79 Å². The van der Waals surface area contributed by atoms with E-state index >= 15 is 0 Å². The highest BCUT2D eigenvalue weighted by atomic mass is 19.4. The molecule has 0 aliphatic carbocycles. The number of nitrogens with two attached hydrogens (primary N) is 1. The van der Waals surface area contributed by atoms with Crippen LogP contribution in [0.4, 0.5) is 18.9 Å². The zero-order chi connectivity index (χ0) is 15.5. The molecule has 1 rings (SSSR count). The molecule has 0 spiro atoms. The van der Waals surface area contributed by atoms with Crippen molar-refractivity contribution < 1.29 is 22.7 Å². The normalized spacial score (nSPS) is 12.9. The Hall–Kier alpha value is -1.76. The lowest BCUT2D eigenvalue weighted by Gasteiger charge is -2.16. The van der Waals surface area contributed by atoms with Crippen LogP contribution in [-0.4, -0.2) is 24.7 Å². The first-order valence-electron chi connectivity index (χ1n) is 5.97. The number of halogens is 3. The first-order valence-corrected chi connectivity index (χ1v) is 5.97. The van der Waals surface area contributed by atoms with Crippen LogP contribution in [0.3, 0.4) is 0 Å². The van der Waals surface area contributed by atoms with Crippen LogP contribution < -0.4 is 15.8 Å². The van der Waals surface area contributed by atoms with Crippen molar-refractivity contribution in [1.29, 1.82) is 0 Å². The Kier molecular flexibility index (Phi) is 4.99. The monoisotopic (exact) mass is 290 g/mol. The van der Waals surface area contributed by atoms with Crippen LogP contribution >= 0.6 is 0 Å². The second-order valence-corrected chi connectivity index (χ2v) is 4.61. The maximum Gasteiger partial charge on any atom is 0.422 e. The lowest BCUT2D eigenvalue weighted by molar-refractivity contribution is -0.153. The van der Waals surface area contributed by atoms with E-state index in [4.69, 9.17) is 5.73 Å². The lowest BCUT2D eigenvalue weighted by atomic mass is 10.1. The number of aryl methyl sites for hydroxylation is 2. The van der Waals surface area contributed by atoms with E-state index in [-0.39, 0.29) is 11.7 Å². The summed E-state index contributed by atoms with van der Waals surface area (Å²) in [5, 5.41) is 2.64. The standard InChI is InChI=1S/C13H17F3N2O2/c1-7-4-10(20-6-13(14,15)16)5-8(2)11(7)18-12(19)9(3)17/h4-5,9H,6,17H2,1-3H3,(H,18,19). The fourth-order valence-corrected chi connectivity index (χ4v) is 1.61. The molecular weight excluding hydrogens is 273 g/mol. The van der Waals surface area contributed by atoms with Crippen LogP contribution in [0.5, 0.6) is 5.75 Å². The highest BCUT2D eigenvalue weighted by Crippen LogP contribution is 2.27. The smallest absolute Gasteiger partial charge is 0.422 e. The molecule has 0 radical (unpaired) electrons. The zero-order valence-corrected chi connectivity index (χ0v) is 11.5. The Morgan fingerprint density at radius 2 is 1.85 bits per heavy atom. The van der Waals surface area contributed by atoms with Gasteiger partial charge in [0, 0.05) is 5.69 Å². The fourth-order valence-electron chi connectivity index (χ4n) is 1.61. The van der Waals surface area contributed by atoms with Gasteiger partial charge in [-0.1, -0.05) is 0 Å². The molecular formula is C13H17F3N2O2. The molecule has 0 aliphatic rings. The summed E-state index contributed by atoms with van der Waals surface area (Å²) in [7, 11) is 0. The van der Waals surface area contributed by atoms with E-state index in [1.54, 1.807) is 20.8 Å². The average Bonchev–Trinajstić information content (AvgIpc) is 2.29. The minimum Gasteiger partial charge on any atom is -0.484 e. The lowest BCUT2D eigenvalue weighted by Crippen LogP contribution is -2.32. The van der Waals surface area contributed by atoms with E-state index in [0.29, 0.717) is 16.8 Å². The van der Waals surface area contributed by atoms with Gasteiger partial charge in [-0.25, -0.2) is 0 Å². The van der Waals surface area contributed by atoms with E-state index in [1.165, 1.54) is 12.1 Å². The summed E-state index contributed by atoms with van der Waals surface area (Å²) in [4.78, 5) is 11.5. The SMILES string of the molecule is Cc1cc(OCC(F)(F)F)cc(C)c1NC(=O)C(C)N. The van der Waals surface area contributed by atoms with Gasteiger partial charge in [-0.2, -0.15) is 13.2 Å². The quantitative estimate of drug-likeness (QED) is 0.895. The molecule has 20 heavy (non-hydrogen) atoms. The number of alkyl halides is 3. The van der Waals surface area contributed by atoms with Crippen molar-refractivity contribution in [3.63, 3.8) is 0 Å². The van der Waals surface area contributed by atoms with Crippen LogP contribution in [0.1, 0.15) is 18.1 Å². The number of amides is 1. The Morgan fingerprint density at radius 1 is 1.35 bits per heavy atom. The van der Waals surface area contributed by atoms with E-state index in [1.807, 2.05) is 0 Å². The number of carbonyl (C=O) groups is 1. The Labute approximate surface area is 115 Å². The van der Waals surface area contributed by atoms with Crippen molar-refractivity contribution in [1.82, 2.24) is 0 Å². The molecule has 4 nitrogen and oxygen atoms in total. The van der Waals surface area contributed by atoms with Gasteiger partial charge < -0.3 is 15.8 Å². The zero-order valence-electron chi connectivity index (χ0n) is 11.5. The maximum absolute atomic E-state index is 12.1. The van der Waals surface area contributed by atoms with E-state index < -0.39 is 18.8 Å². The minimum atomic E-state index is -4.39. The largest absolute Gasteiger partial charge is 0.484 e. The van der Waals surface area contributed by atoms with Crippen molar-refractivity contribution >= 4 is 11.6 Å². The van der Waals surface area contributed by atoms with E-state index in [2.05, 4.69) is 10.1 Å². The molecule has 7 heteroatoms. The highest BCUT2D eigenvalue weighted by molar-refractivity contribution is 5.95. The molecule has 0 saturated carbocycles. The molecule has 1 unspecified atom stereocenters. The molecule has 1 amide bonds. The average molecular weight is 290 g/mol. The summed E-state index contributed by atoms with van der Waals surface area (Å²) in [5.74, 6) is -0.253.